The molecule has 0 radical (unpaired) electrons. The smallest absolute Gasteiger partial charge is 0.296 e. The lowest BCUT2D eigenvalue weighted by atomic mass is 10.1. The molecule has 2 heterocycles. The Morgan fingerprint density at radius 1 is 0.875 bits per heavy atom. The summed E-state index contributed by atoms with van der Waals surface area (Å²) in [6, 6.07) is 10.7. The third-order valence-electron chi connectivity index (χ3n) is 2.12. The van der Waals surface area contributed by atoms with Crippen molar-refractivity contribution in [3.63, 3.8) is 0 Å². The second-order valence-corrected chi connectivity index (χ2v) is 3.21. The monoisotopic (exact) mass is 214 g/mol. The molecule has 0 saturated carbocycles. The van der Waals surface area contributed by atoms with Gasteiger partial charge in [0, 0.05) is 12.4 Å². The zero-order chi connectivity index (χ0) is 11.4. The van der Waals surface area contributed by atoms with Crippen LogP contribution in [0.15, 0.2) is 48.8 Å². The Balaban J connectivity index is 0.000000162. The summed E-state index contributed by atoms with van der Waals surface area (Å²) in [7, 11) is 0. The summed E-state index contributed by atoms with van der Waals surface area (Å²) in [5.74, 6) is -0.980. The molecule has 2 aromatic rings. The van der Waals surface area contributed by atoms with E-state index in [9.17, 15) is 9.59 Å². The number of carbonyl (C=O) groups is 2. The van der Waals surface area contributed by atoms with Gasteiger partial charge in [-0.05, 0) is 24.3 Å². The van der Waals surface area contributed by atoms with E-state index in [0.29, 0.717) is 11.3 Å². The van der Waals surface area contributed by atoms with Crippen LogP contribution in [0.3, 0.4) is 0 Å². The second-order valence-electron chi connectivity index (χ2n) is 3.21. The molecule has 1 aromatic heterocycles. The SMILES string of the molecule is O=C1Nc2ccccc2C1=O.c1cc[nH]c1. The lowest BCUT2D eigenvalue weighted by Gasteiger charge is -1.91. The molecule has 1 aromatic carbocycles. The van der Waals surface area contributed by atoms with Crippen molar-refractivity contribution in [1.82, 2.24) is 4.98 Å². The van der Waals surface area contributed by atoms with Gasteiger partial charge < -0.3 is 10.3 Å². The van der Waals surface area contributed by atoms with Crippen LogP contribution in [0.1, 0.15) is 10.4 Å². The molecule has 0 atom stereocenters. The second kappa shape index (κ2) is 4.44. The first-order valence-corrected chi connectivity index (χ1v) is 4.81. The van der Waals surface area contributed by atoms with Gasteiger partial charge in [0.05, 0.1) is 11.3 Å². The molecule has 0 aliphatic carbocycles. The first kappa shape index (κ1) is 10.2. The molecule has 0 spiro atoms. The number of amides is 1. The molecular formula is C12H10N2O2. The molecular weight excluding hydrogens is 204 g/mol. The van der Waals surface area contributed by atoms with Crippen LogP contribution >= 0.6 is 0 Å². The van der Waals surface area contributed by atoms with E-state index in [4.69, 9.17) is 0 Å². The van der Waals surface area contributed by atoms with Gasteiger partial charge in [0.1, 0.15) is 0 Å². The Hall–Kier alpha value is -2.36. The highest BCUT2D eigenvalue weighted by molar-refractivity contribution is 6.51. The van der Waals surface area contributed by atoms with E-state index in [-0.39, 0.29) is 0 Å². The fourth-order valence-electron chi connectivity index (χ4n) is 1.37. The topological polar surface area (TPSA) is 62.0 Å². The average Bonchev–Trinajstić information content (AvgIpc) is 2.93. The Morgan fingerprint density at radius 3 is 2.12 bits per heavy atom. The van der Waals surface area contributed by atoms with Gasteiger partial charge in [0.25, 0.3) is 11.7 Å². The number of rotatable bonds is 0. The lowest BCUT2D eigenvalue weighted by Crippen LogP contribution is -2.12. The number of fused-ring (bicyclic) bond motifs is 1. The third kappa shape index (κ3) is 2.00. The molecule has 0 fully saturated rings. The van der Waals surface area contributed by atoms with Gasteiger partial charge in [-0.25, -0.2) is 0 Å². The zero-order valence-corrected chi connectivity index (χ0v) is 8.44. The first-order valence-electron chi connectivity index (χ1n) is 4.81. The molecule has 0 bridgehead atoms. The van der Waals surface area contributed by atoms with Crippen LogP contribution in [-0.4, -0.2) is 16.7 Å². The van der Waals surface area contributed by atoms with Crippen LogP contribution in [0.4, 0.5) is 5.69 Å². The van der Waals surface area contributed by atoms with Crippen molar-refractivity contribution < 1.29 is 9.59 Å². The van der Waals surface area contributed by atoms with E-state index >= 15 is 0 Å². The minimum absolute atomic E-state index is 0.444. The molecule has 1 aliphatic heterocycles. The van der Waals surface area contributed by atoms with Gasteiger partial charge in [-0.15, -0.1) is 0 Å². The summed E-state index contributed by atoms with van der Waals surface area (Å²) < 4.78 is 0. The van der Waals surface area contributed by atoms with Crippen molar-refractivity contribution in [2.45, 2.75) is 0 Å². The maximum absolute atomic E-state index is 11.0. The first-order chi connectivity index (χ1) is 7.79. The maximum atomic E-state index is 11.0. The Labute approximate surface area is 92.3 Å². The number of aromatic amines is 1. The molecule has 4 nitrogen and oxygen atoms in total. The maximum Gasteiger partial charge on any atom is 0.296 e. The summed E-state index contributed by atoms with van der Waals surface area (Å²) >= 11 is 0. The molecule has 1 amide bonds. The number of Topliss-reactive ketones (excluding diaryl/α,β-unsaturated/α-hetero) is 1. The van der Waals surface area contributed by atoms with E-state index in [1.54, 1.807) is 24.3 Å². The van der Waals surface area contributed by atoms with Crippen molar-refractivity contribution in [3.05, 3.63) is 54.4 Å². The Kier molecular flexibility index (Phi) is 2.82. The summed E-state index contributed by atoms with van der Waals surface area (Å²) in [5.41, 5.74) is 1.08. The van der Waals surface area contributed by atoms with E-state index < -0.39 is 11.7 Å². The molecule has 16 heavy (non-hydrogen) atoms. The summed E-state index contributed by atoms with van der Waals surface area (Å²) in [6.45, 7) is 0. The number of ketones is 1. The van der Waals surface area contributed by atoms with Crippen molar-refractivity contribution in [2.75, 3.05) is 5.32 Å². The third-order valence-corrected chi connectivity index (χ3v) is 2.12. The zero-order valence-electron chi connectivity index (χ0n) is 8.44. The molecule has 2 N–H and O–H groups in total. The van der Waals surface area contributed by atoms with Gasteiger partial charge in [0.2, 0.25) is 0 Å². The number of carbonyl (C=O) groups excluding carboxylic acids is 2. The van der Waals surface area contributed by atoms with Crippen molar-refractivity contribution in [2.24, 2.45) is 0 Å². The van der Waals surface area contributed by atoms with E-state index in [1.165, 1.54) is 0 Å². The van der Waals surface area contributed by atoms with Gasteiger partial charge in [0.15, 0.2) is 0 Å². The van der Waals surface area contributed by atoms with Gasteiger partial charge in [-0.2, -0.15) is 0 Å². The number of nitrogens with one attached hydrogen (secondary N) is 2. The molecule has 0 saturated heterocycles. The number of benzene rings is 1. The van der Waals surface area contributed by atoms with E-state index in [0.717, 1.165) is 0 Å². The van der Waals surface area contributed by atoms with Gasteiger partial charge >= 0.3 is 0 Å². The fourth-order valence-corrected chi connectivity index (χ4v) is 1.37. The van der Waals surface area contributed by atoms with Crippen LogP contribution in [-0.2, 0) is 4.79 Å². The predicted molar refractivity (Wildman–Crippen MR) is 60.2 cm³/mol. The van der Waals surface area contributed by atoms with Crippen molar-refractivity contribution in [1.29, 1.82) is 0 Å². The number of H-pyrrole nitrogens is 1. The van der Waals surface area contributed by atoms with Gasteiger partial charge in [-0.1, -0.05) is 12.1 Å². The summed E-state index contributed by atoms with van der Waals surface area (Å²) in [4.78, 5) is 24.6. The number of aromatic nitrogens is 1. The number of anilines is 1. The summed E-state index contributed by atoms with van der Waals surface area (Å²) in [6.07, 6.45) is 3.75. The van der Waals surface area contributed by atoms with Crippen LogP contribution in [0, 0.1) is 0 Å². The number of para-hydroxylation sites is 1. The van der Waals surface area contributed by atoms with Gasteiger partial charge in [-0.3, -0.25) is 9.59 Å². The molecule has 80 valence electrons. The molecule has 1 aliphatic rings. The highest BCUT2D eigenvalue weighted by Crippen LogP contribution is 2.21. The predicted octanol–water partition coefficient (Wildman–Crippen LogP) is 1.84. The molecule has 3 rings (SSSR count). The largest absolute Gasteiger partial charge is 0.368 e. The van der Waals surface area contributed by atoms with Crippen LogP contribution in [0.25, 0.3) is 0 Å². The van der Waals surface area contributed by atoms with Crippen LogP contribution < -0.4 is 5.32 Å². The number of hydrogen-bond acceptors (Lipinski definition) is 2. The normalized spacial score (nSPS) is 12.5. The fraction of sp³-hybridized carbons (Fsp3) is 0. The van der Waals surface area contributed by atoms with E-state index in [1.807, 2.05) is 24.5 Å². The quantitative estimate of drug-likeness (QED) is 0.657. The van der Waals surface area contributed by atoms with E-state index in [2.05, 4.69) is 10.3 Å². The Morgan fingerprint density at radius 2 is 1.56 bits per heavy atom. The highest BCUT2D eigenvalue weighted by atomic mass is 16.2. The van der Waals surface area contributed by atoms with Crippen LogP contribution in [0.2, 0.25) is 0 Å². The van der Waals surface area contributed by atoms with Crippen molar-refractivity contribution >= 4 is 17.4 Å². The highest BCUT2D eigenvalue weighted by Gasteiger charge is 2.26. The standard InChI is InChI=1S/C8H5NO2.C4H5N/c10-7-5-3-1-2-4-6(5)9-8(7)11;1-2-4-5-3-1/h1-4H,(H,9,10,11);1-5H. The lowest BCUT2D eigenvalue weighted by molar-refractivity contribution is -0.112. The minimum atomic E-state index is -0.536. The molecule has 0 unspecified atom stereocenters. The van der Waals surface area contributed by atoms with Crippen molar-refractivity contribution in [3.8, 4) is 0 Å². The Bertz CT molecular complexity index is 486. The number of hydrogen-bond donors (Lipinski definition) is 2. The minimum Gasteiger partial charge on any atom is -0.368 e. The average molecular weight is 214 g/mol. The van der Waals surface area contributed by atoms with Crippen LogP contribution in [0.5, 0.6) is 0 Å². The molecule has 4 heteroatoms. The summed E-state index contributed by atoms with van der Waals surface area (Å²) in [5, 5.41) is 2.46.